The molecule has 26 heavy (non-hydrogen) atoms. The van der Waals surface area contributed by atoms with Gasteiger partial charge in [-0.05, 0) is 52.3 Å². The number of hydrogen-bond donors (Lipinski definition) is 1. The van der Waals surface area contributed by atoms with Gasteiger partial charge in [-0.2, -0.15) is 0 Å². The van der Waals surface area contributed by atoms with E-state index in [1.54, 1.807) is 36.8 Å². The molecule has 0 saturated carbocycles. The van der Waals surface area contributed by atoms with Crippen LogP contribution in [0, 0.1) is 5.82 Å². The molecule has 0 unspecified atom stereocenters. The number of thiazole rings is 1. The molecule has 1 N–H and O–H groups in total. The van der Waals surface area contributed by atoms with E-state index in [9.17, 15) is 9.18 Å². The standard InChI is InChI=1S/C18H14BrFN2O3S/c1-24-15-5-4-11(7-12(15)19)17(23)22-18-21-14(9-26-18)10-3-6-16(25-2)13(20)8-10/h3-9H,1-2H3,(H,21,22,23). The number of ether oxygens (including phenoxy) is 2. The predicted molar refractivity (Wildman–Crippen MR) is 103 cm³/mol. The molecule has 0 atom stereocenters. The van der Waals surface area contributed by atoms with Crippen LogP contribution in [-0.4, -0.2) is 25.1 Å². The summed E-state index contributed by atoms with van der Waals surface area (Å²) >= 11 is 4.61. The van der Waals surface area contributed by atoms with Gasteiger partial charge in [-0.15, -0.1) is 11.3 Å². The summed E-state index contributed by atoms with van der Waals surface area (Å²) in [7, 11) is 2.96. The zero-order valence-electron chi connectivity index (χ0n) is 13.9. The van der Waals surface area contributed by atoms with Crippen LogP contribution >= 0.6 is 27.3 Å². The number of aromatic nitrogens is 1. The third kappa shape index (κ3) is 3.86. The van der Waals surface area contributed by atoms with Crippen LogP contribution in [0.1, 0.15) is 10.4 Å². The Kier molecular flexibility index (Phi) is 5.53. The Balaban J connectivity index is 1.77. The van der Waals surface area contributed by atoms with Crippen molar-refractivity contribution in [3.8, 4) is 22.8 Å². The maximum atomic E-state index is 13.8. The smallest absolute Gasteiger partial charge is 0.257 e. The van der Waals surface area contributed by atoms with E-state index < -0.39 is 5.82 Å². The van der Waals surface area contributed by atoms with E-state index in [0.29, 0.717) is 32.2 Å². The third-order valence-electron chi connectivity index (χ3n) is 3.59. The molecule has 0 spiro atoms. The minimum absolute atomic E-state index is 0.169. The molecule has 0 aliphatic rings. The average molecular weight is 437 g/mol. The number of halogens is 2. The molecular formula is C18H14BrFN2O3S. The number of rotatable bonds is 5. The van der Waals surface area contributed by atoms with E-state index in [4.69, 9.17) is 9.47 Å². The highest BCUT2D eigenvalue weighted by Gasteiger charge is 2.13. The molecule has 0 aliphatic carbocycles. The Labute approximate surface area is 161 Å². The van der Waals surface area contributed by atoms with Crippen LogP contribution in [0.3, 0.4) is 0 Å². The minimum atomic E-state index is -0.466. The van der Waals surface area contributed by atoms with E-state index in [2.05, 4.69) is 26.2 Å². The molecule has 5 nitrogen and oxygen atoms in total. The van der Waals surface area contributed by atoms with Crippen LogP contribution in [0.4, 0.5) is 9.52 Å². The quantitative estimate of drug-likeness (QED) is 0.612. The summed E-state index contributed by atoms with van der Waals surface area (Å²) in [4.78, 5) is 16.7. The number of benzene rings is 2. The van der Waals surface area contributed by atoms with Crippen molar-refractivity contribution in [1.29, 1.82) is 0 Å². The van der Waals surface area contributed by atoms with E-state index in [0.717, 1.165) is 0 Å². The Hall–Kier alpha value is -2.45. The summed E-state index contributed by atoms with van der Waals surface area (Å²) in [5.41, 5.74) is 1.64. The summed E-state index contributed by atoms with van der Waals surface area (Å²) < 4.78 is 24.6. The van der Waals surface area contributed by atoms with Gasteiger partial charge in [0.2, 0.25) is 0 Å². The molecule has 1 heterocycles. The highest BCUT2D eigenvalue weighted by Crippen LogP contribution is 2.29. The van der Waals surface area contributed by atoms with Gasteiger partial charge in [0.25, 0.3) is 5.91 Å². The lowest BCUT2D eigenvalue weighted by Crippen LogP contribution is -2.11. The summed E-state index contributed by atoms with van der Waals surface area (Å²) in [6, 6.07) is 9.63. The van der Waals surface area contributed by atoms with Crippen molar-refractivity contribution in [2.24, 2.45) is 0 Å². The fourth-order valence-electron chi connectivity index (χ4n) is 2.27. The van der Waals surface area contributed by atoms with Gasteiger partial charge < -0.3 is 9.47 Å². The van der Waals surface area contributed by atoms with Crippen LogP contribution in [0.2, 0.25) is 0 Å². The van der Waals surface area contributed by atoms with Crippen LogP contribution in [0.15, 0.2) is 46.3 Å². The summed E-state index contributed by atoms with van der Waals surface area (Å²) in [5, 5.41) is 4.91. The largest absolute Gasteiger partial charge is 0.496 e. The molecule has 1 aromatic heterocycles. The van der Waals surface area contributed by atoms with Crippen LogP contribution < -0.4 is 14.8 Å². The number of anilines is 1. The van der Waals surface area contributed by atoms with Gasteiger partial charge in [0.1, 0.15) is 5.75 Å². The Morgan fingerprint density at radius 3 is 2.54 bits per heavy atom. The number of nitrogens with zero attached hydrogens (tertiary/aromatic N) is 1. The van der Waals surface area contributed by atoms with Gasteiger partial charge in [-0.25, -0.2) is 9.37 Å². The maximum absolute atomic E-state index is 13.8. The molecule has 8 heteroatoms. The maximum Gasteiger partial charge on any atom is 0.257 e. The Morgan fingerprint density at radius 2 is 1.88 bits per heavy atom. The first-order valence-electron chi connectivity index (χ1n) is 7.46. The van der Waals surface area contributed by atoms with Crippen molar-refractivity contribution in [1.82, 2.24) is 4.98 Å². The lowest BCUT2D eigenvalue weighted by atomic mass is 10.1. The first kappa shape index (κ1) is 18.3. The molecule has 134 valence electrons. The van der Waals surface area contributed by atoms with Crippen molar-refractivity contribution in [2.75, 3.05) is 19.5 Å². The fourth-order valence-corrected chi connectivity index (χ4v) is 3.52. The summed E-state index contributed by atoms with van der Waals surface area (Å²) in [6.07, 6.45) is 0. The number of carbonyl (C=O) groups is 1. The fraction of sp³-hybridized carbons (Fsp3) is 0.111. The first-order chi connectivity index (χ1) is 12.5. The highest BCUT2D eigenvalue weighted by atomic mass is 79.9. The number of nitrogens with one attached hydrogen (secondary N) is 1. The number of hydrogen-bond acceptors (Lipinski definition) is 5. The Morgan fingerprint density at radius 1 is 1.15 bits per heavy atom. The lowest BCUT2D eigenvalue weighted by molar-refractivity contribution is 0.102. The zero-order valence-corrected chi connectivity index (χ0v) is 16.3. The monoisotopic (exact) mass is 436 g/mol. The number of methoxy groups -OCH3 is 2. The second-order valence-electron chi connectivity index (χ2n) is 5.19. The first-order valence-corrected chi connectivity index (χ1v) is 9.13. The third-order valence-corrected chi connectivity index (χ3v) is 4.96. The van der Waals surface area contributed by atoms with E-state index in [-0.39, 0.29) is 11.7 Å². The molecule has 0 fully saturated rings. The van der Waals surface area contributed by atoms with E-state index in [1.165, 1.54) is 30.6 Å². The van der Waals surface area contributed by atoms with Gasteiger partial charge in [0.05, 0.1) is 24.4 Å². The molecule has 0 bridgehead atoms. The van der Waals surface area contributed by atoms with Crippen molar-refractivity contribution in [3.63, 3.8) is 0 Å². The second kappa shape index (κ2) is 7.84. The summed E-state index contributed by atoms with van der Waals surface area (Å²) in [6.45, 7) is 0. The van der Waals surface area contributed by atoms with Gasteiger partial charge in [-0.3, -0.25) is 10.1 Å². The van der Waals surface area contributed by atoms with Gasteiger partial charge in [-0.1, -0.05) is 0 Å². The second-order valence-corrected chi connectivity index (χ2v) is 6.90. The van der Waals surface area contributed by atoms with Crippen molar-refractivity contribution >= 4 is 38.3 Å². The zero-order chi connectivity index (χ0) is 18.7. The average Bonchev–Trinajstić information content (AvgIpc) is 3.10. The van der Waals surface area contributed by atoms with Crippen LogP contribution in [0.25, 0.3) is 11.3 Å². The van der Waals surface area contributed by atoms with Crippen molar-refractivity contribution in [3.05, 3.63) is 57.6 Å². The molecule has 0 saturated heterocycles. The molecule has 3 rings (SSSR count). The highest BCUT2D eigenvalue weighted by molar-refractivity contribution is 9.10. The molecule has 1 amide bonds. The van der Waals surface area contributed by atoms with Crippen molar-refractivity contribution in [2.45, 2.75) is 0 Å². The number of amides is 1. The van der Waals surface area contributed by atoms with Crippen molar-refractivity contribution < 1.29 is 18.7 Å². The summed E-state index contributed by atoms with van der Waals surface area (Å²) in [5.74, 6) is 0.0454. The molecular weight excluding hydrogens is 423 g/mol. The molecule has 2 aromatic carbocycles. The molecule has 0 radical (unpaired) electrons. The van der Waals surface area contributed by atoms with Crippen LogP contribution in [0.5, 0.6) is 11.5 Å². The predicted octanol–water partition coefficient (Wildman–Crippen LogP) is 4.98. The van der Waals surface area contributed by atoms with E-state index in [1.807, 2.05) is 0 Å². The normalized spacial score (nSPS) is 10.5. The lowest BCUT2D eigenvalue weighted by Gasteiger charge is -2.06. The molecule has 3 aromatic rings. The molecule has 0 aliphatic heterocycles. The van der Waals surface area contributed by atoms with Gasteiger partial charge in [0.15, 0.2) is 16.7 Å². The number of carbonyl (C=O) groups excluding carboxylic acids is 1. The SMILES string of the molecule is COc1ccc(-c2csc(NC(=O)c3ccc(OC)c(Br)c3)n2)cc1F. The Bertz CT molecular complexity index is 961. The van der Waals surface area contributed by atoms with Gasteiger partial charge in [0, 0.05) is 16.5 Å². The van der Waals surface area contributed by atoms with Crippen LogP contribution in [-0.2, 0) is 0 Å². The van der Waals surface area contributed by atoms with E-state index >= 15 is 0 Å². The minimum Gasteiger partial charge on any atom is -0.496 e. The topological polar surface area (TPSA) is 60.5 Å². The van der Waals surface area contributed by atoms with Gasteiger partial charge >= 0.3 is 0 Å².